The molecule has 0 atom stereocenters. The molecule has 0 aliphatic heterocycles. The van der Waals surface area contributed by atoms with Crippen molar-refractivity contribution >= 4 is 78.0 Å². The summed E-state index contributed by atoms with van der Waals surface area (Å²) >= 11 is 0. The highest BCUT2D eigenvalue weighted by atomic mass is 16.3. The third kappa shape index (κ3) is 7.11. The SMILES string of the molecule is Cc1cc(N(c2cc(C)c(C)c(C)c2)c2cc3c(c4c2oc2ccccc24)-c2c(cc(N(c4cc(C)c(C)c(C)c4)c4cc(C)c(C)c(C)c4)c4c2oc2ccccc24)C3(c2ccccc2)c2ccccc2)cc(C)c1C. The fourth-order valence-electron chi connectivity index (χ4n) is 12.9. The number of furan rings is 2. The second-order valence-corrected chi connectivity index (χ2v) is 22.2. The van der Waals surface area contributed by atoms with Gasteiger partial charge in [-0.3, -0.25) is 0 Å². The van der Waals surface area contributed by atoms with Crippen molar-refractivity contribution in [3.8, 4) is 11.1 Å². The van der Waals surface area contributed by atoms with Crippen molar-refractivity contribution in [3.05, 3.63) is 259 Å². The van der Waals surface area contributed by atoms with Crippen LogP contribution >= 0.6 is 0 Å². The maximum absolute atomic E-state index is 7.57. The lowest BCUT2D eigenvalue weighted by atomic mass is 9.67. The van der Waals surface area contributed by atoms with Gasteiger partial charge in [0.1, 0.15) is 16.7 Å². The molecule has 1 aliphatic carbocycles. The molecule has 12 aromatic rings. The van der Waals surface area contributed by atoms with E-state index in [2.05, 4.69) is 263 Å². The monoisotopic (exact) mass is 1000 g/mol. The number of fused-ring (bicyclic) bond motifs is 11. The van der Waals surface area contributed by atoms with E-state index in [1.54, 1.807) is 0 Å². The van der Waals surface area contributed by atoms with Gasteiger partial charge in [-0.25, -0.2) is 0 Å². The Morgan fingerprint density at radius 3 is 1.05 bits per heavy atom. The van der Waals surface area contributed by atoms with Crippen molar-refractivity contribution < 1.29 is 8.83 Å². The molecule has 0 amide bonds. The predicted octanol–water partition coefficient (Wildman–Crippen LogP) is 20.5. The van der Waals surface area contributed by atoms with Gasteiger partial charge < -0.3 is 18.6 Å². The molecule has 77 heavy (non-hydrogen) atoms. The smallest absolute Gasteiger partial charge is 0.160 e. The van der Waals surface area contributed by atoms with Crippen molar-refractivity contribution in [2.75, 3.05) is 9.80 Å². The van der Waals surface area contributed by atoms with Crippen LogP contribution in [0.1, 0.15) is 89.0 Å². The van der Waals surface area contributed by atoms with E-state index in [1.165, 1.54) is 72.3 Å². The minimum absolute atomic E-state index is 0.825. The number of hydrogen-bond acceptors (Lipinski definition) is 4. The summed E-state index contributed by atoms with van der Waals surface area (Å²) in [5, 5.41) is 4.25. The topological polar surface area (TPSA) is 32.8 Å². The van der Waals surface area contributed by atoms with Crippen LogP contribution in [0.25, 0.3) is 55.0 Å². The molecule has 10 aromatic carbocycles. The normalized spacial score (nSPS) is 12.8. The second-order valence-electron chi connectivity index (χ2n) is 22.2. The number of rotatable bonds is 8. The number of hydrogen-bond donors (Lipinski definition) is 0. The number of nitrogens with zero attached hydrogens (tertiary/aromatic N) is 2. The molecule has 4 heteroatoms. The number of aryl methyl sites for hydroxylation is 8. The van der Waals surface area contributed by atoms with Gasteiger partial charge in [-0.05, 0) is 245 Å². The lowest BCUT2D eigenvalue weighted by Crippen LogP contribution is -2.29. The van der Waals surface area contributed by atoms with Crippen LogP contribution < -0.4 is 9.80 Å². The minimum Gasteiger partial charge on any atom is -0.455 e. The Kier molecular flexibility index (Phi) is 11.1. The molecule has 0 bridgehead atoms. The molecule has 0 N–H and O–H groups in total. The molecule has 0 radical (unpaired) electrons. The molecule has 0 saturated carbocycles. The van der Waals surface area contributed by atoms with E-state index in [4.69, 9.17) is 8.83 Å². The Hall–Kier alpha value is -8.60. The Labute approximate surface area is 452 Å². The molecule has 4 nitrogen and oxygen atoms in total. The lowest BCUT2D eigenvalue weighted by molar-refractivity contribution is 0.668. The molecule has 0 spiro atoms. The standard InChI is InChI=1S/C73H64N2O2/c1-41-31-55(32-42(2)49(41)9)74(56-33-43(3)50(10)44(4)34-56)63-39-62-70(72-67(63)59-27-19-21-29-65(59)77-72)69-61(73(62,53-23-15-13-16-24-53)54-25-17-14-18-26-54)40-64(71-68(69)60-28-20-22-30-66(60)76-71)75(57-35-45(5)51(11)46(6)36-57)58-37-47(7)52(12)48(8)38-58/h13-40H,1-12H3. The molecule has 2 heterocycles. The molecular formula is C73H64N2O2. The fourth-order valence-corrected chi connectivity index (χ4v) is 12.9. The number of anilines is 6. The molecule has 13 rings (SSSR count). The Morgan fingerprint density at radius 1 is 0.312 bits per heavy atom. The van der Waals surface area contributed by atoms with Crippen molar-refractivity contribution in [1.29, 1.82) is 0 Å². The van der Waals surface area contributed by atoms with Gasteiger partial charge in [0, 0.05) is 50.0 Å². The quantitative estimate of drug-likeness (QED) is 0.152. The molecule has 1 aliphatic rings. The fraction of sp³-hybridized carbons (Fsp3) is 0.178. The average molecular weight is 1000 g/mol. The maximum atomic E-state index is 7.57. The van der Waals surface area contributed by atoms with Gasteiger partial charge in [0.25, 0.3) is 0 Å². The summed E-state index contributed by atoms with van der Waals surface area (Å²) in [7, 11) is 0. The van der Waals surface area contributed by atoms with E-state index in [-0.39, 0.29) is 0 Å². The van der Waals surface area contributed by atoms with Crippen molar-refractivity contribution in [2.24, 2.45) is 0 Å². The highest BCUT2D eigenvalue weighted by Crippen LogP contribution is 2.64. The average Bonchev–Trinajstić information content (AvgIpc) is 3.54. The second kappa shape index (κ2) is 17.7. The first-order chi connectivity index (χ1) is 37.1. The molecule has 0 saturated heterocycles. The summed E-state index contributed by atoms with van der Waals surface area (Å²) in [6, 6.07) is 63.6. The molecule has 0 fully saturated rings. The van der Waals surface area contributed by atoms with Crippen LogP contribution in [0.4, 0.5) is 34.1 Å². The number of para-hydroxylation sites is 2. The van der Waals surface area contributed by atoms with Crippen LogP contribution in [-0.2, 0) is 5.41 Å². The van der Waals surface area contributed by atoms with Gasteiger partial charge in [-0.2, -0.15) is 0 Å². The van der Waals surface area contributed by atoms with E-state index >= 15 is 0 Å². The van der Waals surface area contributed by atoms with E-state index in [1.807, 2.05) is 0 Å². The summed E-state index contributed by atoms with van der Waals surface area (Å²) in [5.74, 6) is 0. The van der Waals surface area contributed by atoms with E-state index in [9.17, 15) is 0 Å². The van der Waals surface area contributed by atoms with Gasteiger partial charge in [0.15, 0.2) is 5.58 Å². The highest BCUT2D eigenvalue weighted by molar-refractivity contribution is 6.26. The van der Waals surface area contributed by atoms with Crippen molar-refractivity contribution in [1.82, 2.24) is 0 Å². The Balaban J connectivity index is 1.28. The van der Waals surface area contributed by atoms with Gasteiger partial charge in [-0.15, -0.1) is 0 Å². The molecule has 2 aromatic heterocycles. The van der Waals surface area contributed by atoms with E-state index in [0.717, 1.165) is 106 Å². The molecule has 0 unspecified atom stereocenters. The third-order valence-corrected chi connectivity index (χ3v) is 17.9. The first-order valence-electron chi connectivity index (χ1n) is 27.2. The molecular weight excluding hydrogens is 937 g/mol. The van der Waals surface area contributed by atoms with Crippen LogP contribution in [0.5, 0.6) is 0 Å². The third-order valence-electron chi connectivity index (χ3n) is 17.9. The summed E-state index contributed by atoms with van der Waals surface area (Å²) in [4.78, 5) is 5.00. The van der Waals surface area contributed by atoms with Gasteiger partial charge in [-0.1, -0.05) is 97.1 Å². The van der Waals surface area contributed by atoms with Crippen LogP contribution in [-0.4, -0.2) is 0 Å². The van der Waals surface area contributed by atoms with Gasteiger partial charge in [0.2, 0.25) is 0 Å². The zero-order valence-corrected chi connectivity index (χ0v) is 46.4. The zero-order chi connectivity index (χ0) is 53.3. The van der Waals surface area contributed by atoms with E-state index < -0.39 is 5.41 Å². The minimum atomic E-state index is -0.871. The number of benzene rings is 10. The van der Waals surface area contributed by atoms with Crippen LogP contribution in [0, 0.1) is 83.1 Å². The predicted molar refractivity (Wildman–Crippen MR) is 325 cm³/mol. The Morgan fingerprint density at radius 2 is 0.636 bits per heavy atom. The molecule has 378 valence electrons. The van der Waals surface area contributed by atoms with Crippen LogP contribution in [0.15, 0.2) is 179 Å². The summed E-state index contributed by atoms with van der Waals surface area (Å²) < 4.78 is 15.0. The lowest BCUT2D eigenvalue weighted by Gasteiger charge is -2.36. The van der Waals surface area contributed by atoms with Crippen LogP contribution in [0.2, 0.25) is 0 Å². The first kappa shape index (κ1) is 48.1. The van der Waals surface area contributed by atoms with Gasteiger partial charge >= 0.3 is 0 Å². The van der Waals surface area contributed by atoms with Crippen molar-refractivity contribution in [2.45, 2.75) is 88.5 Å². The van der Waals surface area contributed by atoms with Crippen LogP contribution in [0.3, 0.4) is 0 Å². The largest absolute Gasteiger partial charge is 0.455 e. The highest BCUT2D eigenvalue weighted by Gasteiger charge is 2.50. The summed E-state index contributed by atoms with van der Waals surface area (Å²) in [5.41, 5.74) is 30.9. The van der Waals surface area contributed by atoms with Crippen molar-refractivity contribution in [3.63, 3.8) is 0 Å². The summed E-state index contributed by atoms with van der Waals surface area (Å²) in [6.45, 7) is 26.8. The Bertz CT molecular complexity index is 4170. The maximum Gasteiger partial charge on any atom is 0.160 e. The first-order valence-corrected chi connectivity index (χ1v) is 27.2. The van der Waals surface area contributed by atoms with Gasteiger partial charge in [0.05, 0.1) is 22.2 Å². The summed E-state index contributed by atoms with van der Waals surface area (Å²) in [6.07, 6.45) is 0. The van der Waals surface area contributed by atoms with E-state index in [0.29, 0.717) is 0 Å². The zero-order valence-electron chi connectivity index (χ0n) is 46.4.